The fraction of sp³-hybridized carbons (Fsp3) is 0.364. The summed E-state index contributed by atoms with van der Waals surface area (Å²) in [4.78, 5) is 20.8. The van der Waals surface area contributed by atoms with Gasteiger partial charge < -0.3 is 0 Å². The summed E-state index contributed by atoms with van der Waals surface area (Å²) in [6, 6.07) is 2.88. The molecular weight excluding hydrogens is 251 g/mol. The zero-order valence-electron chi connectivity index (χ0n) is 9.40. The van der Waals surface area contributed by atoms with Gasteiger partial charge in [0, 0.05) is 18.3 Å². The number of benzene rings is 1. The number of nitrogens with zero attached hydrogens (tertiary/aromatic N) is 1. The fourth-order valence-electron chi connectivity index (χ4n) is 1.55. The van der Waals surface area contributed by atoms with Gasteiger partial charge in [0.15, 0.2) is 0 Å². The highest BCUT2D eigenvalue weighted by atomic mass is 19.4. The van der Waals surface area contributed by atoms with E-state index in [-0.39, 0.29) is 5.56 Å². The van der Waals surface area contributed by atoms with Crippen molar-refractivity contribution < 1.29 is 22.9 Å². The Kier molecular flexibility index (Phi) is 4.05. The van der Waals surface area contributed by atoms with Crippen molar-refractivity contribution in [2.45, 2.75) is 25.6 Å². The van der Waals surface area contributed by atoms with Gasteiger partial charge in [-0.3, -0.25) is 14.9 Å². The van der Waals surface area contributed by atoms with Gasteiger partial charge in [-0.2, -0.15) is 13.2 Å². The van der Waals surface area contributed by atoms with Crippen molar-refractivity contribution in [3.63, 3.8) is 0 Å². The molecule has 0 N–H and O–H groups in total. The number of rotatable bonds is 4. The molecule has 0 radical (unpaired) electrons. The molecule has 0 saturated heterocycles. The lowest BCUT2D eigenvalue weighted by Crippen LogP contribution is -2.30. The molecule has 0 aliphatic rings. The maximum absolute atomic E-state index is 12.6. The topological polar surface area (TPSA) is 60.2 Å². The lowest BCUT2D eigenvalue weighted by Gasteiger charge is -2.13. The summed E-state index contributed by atoms with van der Waals surface area (Å²) in [5, 5.41) is 10.6. The first-order valence-electron chi connectivity index (χ1n) is 5.02. The van der Waals surface area contributed by atoms with Gasteiger partial charge in [0.1, 0.15) is 0 Å². The van der Waals surface area contributed by atoms with Crippen LogP contribution in [0, 0.1) is 10.1 Å². The zero-order chi connectivity index (χ0) is 13.9. The van der Waals surface area contributed by atoms with Gasteiger partial charge in [0.05, 0.1) is 5.56 Å². The molecule has 4 nitrogen and oxygen atoms in total. The highest BCUT2D eigenvalue weighted by Gasteiger charge is 2.35. The monoisotopic (exact) mass is 261 g/mol. The van der Waals surface area contributed by atoms with Gasteiger partial charge in [0.25, 0.3) is 6.04 Å². The number of alkyl halides is 3. The van der Waals surface area contributed by atoms with Crippen LogP contribution in [0.1, 0.15) is 18.1 Å². The molecule has 0 saturated carbocycles. The standard InChI is InChI=1S/C11H10F3NO3/c1-7(16)10(15(17)18)6-8-4-2-3-5-9(8)11(12,13)14/h2-5,10H,6H2,1H3. The molecule has 18 heavy (non-hydrogen) atoms. The smallest absolute Gasteiger partial charge is 0.292 e. The summed E-state index contributed by atoms with van der Waals surface area (Å²) in [6.07, 6.45) is -5.15. The number of nitro groups is 1. The Hall–Kier alpha value is -1.92. The highest BCUT2D eigenvalue weighted by Crippen LogP contribution is 2.32. The molecule has 0 aliphatic heterocycles. The molecule has 1 atom stereocenters. The Balaban J connectivity index is 3.11. The summed E-state index contributed by atoms with van der Waals surface area (Å²) >= 11 is 0. The van der Waals surface area contributed by atoms with E-state index in [0.29, 0.717) is 0 Å². The second-order valence-corrected chi connectivity index (χ2v) is 3.77. The number of ketones is 1. The summed E-state index contributed by atoms with van der Waals surface area (Å²) in [6.45, 7) is 0.990. The molecule has 0 bridgehead atoms. The van der Waals surface area contributed by atoms with Crippen LogP contribution < -0.4 is 0 Å². The van der Waals surface area contributed by atoms with Crippen LogP contribution in [0.25, 0.3) is 0 Å². The van der Waals surface area contributed by atoms with E-state index in [9.17, 15) is 28.1 Å². The van der Waals surface area contributed by atoms with Gasteiger partial charge in [-0.25, -0.2) is 0 Å². The van der Waals surface area contributed by atoms with E-state index in [2.05, 4.69) is 0 Å². The third kappa shape index (κ3) is 3.28. The van der Waals surface area contributed by atoms with Crippen LogP contribution in [-0.4, -0.2) is 16.7 Å². The molecule has 0 aromatic heterocycles. The molecule has 1 unspecified atom stereocenters. The van der Waals surface area contributed by atoms with Crippen molar-refractivity contribution in [1.82, 2.24) is 0 Å². The second-order valence-electron chi connectivity index (χ2n) is 3.77. The largest absolute Gasteiger partial charge is 0.416 e. The van der Waals surface area contributed by atoms with Crippen molar-refractivity contribution in [2.24, 2.45) is 0 Å². The van der Waals surface area contributed by atoms with Gasteiger partial charge in [-0.05, 0) is 11.6 Å². The second kappa shape index (κ2) is 5.16. The Bertz CT molecular complexity index is 457. The summed E-state index contributed by atoms with van der Waals surface area (Å²) in [5.41, 5.74) is -1.19. The van der Waals surface area contributed by atoms with Gasteiger partial charge in [0.2, 0.25) is 5.78 Å². The van der Waals surface area contributed by atoms with Crippen LogP contribution in [0.4, 0.5) is 13.2 Å². The quantitative estimate of drug-likeness (QED) is 0.618. The first-order chi connectivity index (χ1) is 8.23. The minimum absolute atomic E-state index is 0.248. The molecule has 1 aromatic rings. The van der Waals surface area contributed by atoms with E-state index in [0.717, 1.165) is 19.1 Å². The molecule has 1 rings (SSSR count). The van der Waals surface area contributed by atoms with E-state index in [1.54, 1.807) is 0 Å². The number of carbonyl (C=O) groups excluding carboxylic acids is 1. The third-order valence-corrected chi connectivity index (χ3v) is 2.46. The van der Waals surface area contributed by atoms with Crippen LogP contribution in [0.3, 0.4) is 0 Å². The fourth-order valence-corrected chi connectivity index (χ4v) is 1.55. The lowest BCUT2D eigenvalue weighted by atomic mass is 9.98. The molecule has 0 fully saturated rings. The first-order valence-corrected chi connectivity index (χ1v) is 5.02. The minimum Gasteiger partial charge on any atom is -0.292 e. The number of hydrogen-bond donors (Lipinski definition) is 0. The first kappa shape index (κ1) is 14.1. The number of halogens is 3. The van der Waals surface area contributed by atoms with Crippen LogP contribution >= 0.6 is 0 Å². The Morgan fingerprint density at radius 2 is 1.94 bits per heavy atom. The van der Waals surface area contributed by atoms with E-state index in [1.807, 2.05) is 0 Å². The average Bonchev–Trinajstić information content (AvgIpc) is 2.24. The minimum atomic E-state index is -4.59. The van der Waals surface area contributed by atoms with E-state index in [1.165, 1.54) is 12.1 Å². The Morgan fingerprint density at radius 1 is 1.39 bits per heavy atom. The van der Waals surface area contributed by atoms with Crippen LogP contribution in [0.2, 0.25) is 0 Å². The Labute approximate surface area is 101 Å². The molecular formula is C11H10F3NO3. The lowest BCUT2D eigenvalue weighted by molar-refractivity contribution is -0.506. The Morgan fingerprint density at radius 3 is 2.39 bits per heavy atom. The number of carbonyl (C=O) groups is 1. The maximum atomic E-state index is 12.6. The van der Waals surface area contributed by atoms with Crippen molar-refractivity contribution in [3.8, 4) is 0 Å². The van der Waals surface area contributed by atoms with Gasteiger partial charge in [-0.1, -0.05) is 18.2 Å². The summed E-state index contributed by atoms with van der Waals surface area (Å²) < 4.78 is 37.9. The van der Waals surface area contributed by atoms with Crippen molar-refractivity contribution in [1.29, 1.82) is 0 Å². The molecule has 1 aromatic carbocycles. The van der Waals surface area contributed by atoms with Crippen molar-refractivity contribution in [3.05, 3.63) is 45.5 Å². The summed E-state index contributed by atoms with van der Waals surface area (Å²) in [7, 11) is 0. The number of Topliss-reactive ketones (excluding diaryl/α,β-unsaturated/α-hetero) is 1. The SMILES string of the molecule is CC(=O)C(Cc1ccccc1C(F)(F)F)[N+](=O)[O-]. The van der Waals surface area contributed by atoms with Gasteiger partial charge in [-0.15, -0.1) is 0 Å². The van der Waals surface area contributed by atoms with Crippen LogP contribution in [0.15, 0.2) is 24.3 Å². The highest BCUT2D eigenvalue weighted by molar-refractivity contribution is 5.80. The third-order valence-electron chi connectivity index (χ3n) is 2.46. The number of hydrogen-bond acceptors (Lipinski definition) is 3. The van der Waals surface area contributed by atoms with E-state index >= 15 is 0 Å². The van der Waals surface area contributed by atoms with E-state index in [4.69, 9.17) is 0 Å². The molecule has 0 amide bonds. The molecule has 0 spiro atoms. The van der Waals surface area contributed by atoms with Crippen LogP contribution in [0.5, 0.6) is 0 Å². The zero-order valence-corrected chi connectivity index (χ0v) is 9.40. The maximum Gasteiger partial charge on any atom is 0.416 e. The predicted octanol–water partition coefficient (Wildman–Crippen LogP) is 2.48. The van der Waals surface area contributed by atoms with Crippen LogP contribution in [-0.2, 0) is 17.4 Å². The molecule has 0 heterocycles. The van der Waals surface area contributed by atoms with E-state index < -0.39 is 34.9 Å². The van der Waals surface area contributed by atoms with Crippen molar-refractivity contribution >= 4 is 5.78 Å². The molecule has 98 valence electrons. The summed E-state index contributed by atoms with van der Waals surface area (Å²) in [5.74, 6) is -0.767. The average molecular weight is 261 g/mol. The van der Waals surface area contributed by atoms with Gasteiger partial charge >= 0.3 is 6.18 Å². The molecule has 0 aliphatic carbocycles. The van der Waals surface area contributed by atoms with Crippen molar-refractivity contribution in [2.75, 3.05) is 0 Å². The predicted molar refractivity (Wildman–Crippen MR) is 56.6 cm³/mol. The normalized spacial score (nSPS) is 13.1. The molecule has 7 heteroatoms.